The highest BCUT2D eigenvalue weighted by Gasteiger charge is 2.16. The summed E-state index contributed by atoms with van der Waals surface area (Å²) in [4.78, 5) is 12.0. The number of para-hydroxylation sites is 1. The maximum Gasteiger partial charge on any atom is 0.287 e. The summed E-state index contributed by atoms with van der Waals surface area (Å²) in [6.45, 7) is 4.20. The van der Waals surface area contributed by atoms with Gasteiger partial charge in [-0.3, -0.25) is 4.79 Å². The van der Waals surface area contributed by atoms with Gasteiger partial charge in [-0.1, -0.05) is 32.4 Å². The first-order valence-electron chi connectivity index (χ1n) is 8.22. The van der Waals surface area contributed by atoms with Crippen LogP contribution in [0.5, 0.6) is 5.75 Å². The number of nitrogens with zero attached hydrogens (tertiary/aromatic N) is 1. The molecule has 1 amide bonds. The van der Waals surface area contributed by atoms with Crippen LogP contribution in [-0.4, -0.2) is 23.7 Å². The van der Waals surface area contributed by atoms with Crippen LogP contribution in [0.1, 0.15) is 42.1 Å². The Morgan fingerprint density at radius 1 is 1.36 bits per heavy atom. The van der Waals surface area contributed by atoms with Crippen LogP contribution in [0, 0.1) is 17.2 Å². The fourth-order valence-corrected chi connectivity index (χ4v) is 2.17. The van der Waals surface area contributed by atoms with Crippen LogP contribution in [0.2, 0.25) is 0 Å². The lowest BCUT2D eigenvalue weighted by Gasteiger charge is -2.17. The highest BCUT2D eigenvalue weighted by Crippen LogP contribution is 2.19. The number of carbonyl (C=O) groups is 1. The Bertz CT molecular complexity index is 748. The molecule has 0 saturated heterocycles. The number of hydrogen-bond acceptors (Lipinski definition) is 5. The van der Waals surface area contributed by atoms with Crippen LogP contribution in [-0.2, 0) is 6.61 Å². The van der Waals surface area contributed by atoms with Crippen molar-refractivity contribution < 1.29 is 19.1 Å². The first-order chi connectivity index (χ1) is 12.0. The Morgan fingerprint density at radius 3 is 2.84 bits per heavy atom. The lowest BCUT2D eigenvalue weighted by molar-refractivity contribution is 0.0824. The van der Waals surface area contributed by atoms with E-state index in [4.69, 9.17) is 14.4 Å². The van der Waals surface area contributed by atoms with Crippen molar-refractivity contribution in [3.8, 4) is 11.8 Å². The number of furan rings is 1. The Labute approximate surface area is 147 Å². The second-order valence-electron chi connectivity index (χ2n) is 5.83. The maximum absolute atomic E-state index is 12.0. The molecule has 2 atom stereocenters. The van der Waals surface area contributed by atoms with E-state index >= 15 is 0 Å². The molecular weight excluding hydrogens is 320 g/mol. The van der Waals surface area contributed by atoms with Crippen LogP contribution < -0.4 is 10.1 Å². The third kappa shape index (κ3) is 5.10. The fraction of sp³-hybridized carbons (Fsp3) is 0.368. The molecule has 1 aromatic heterocycles. The van der Waals surface area contributed by atoms with Crippen molar-refractivity contribution in [2.45, 2.75) is 33.0 Å². The van der Waals surface area contributed by atoms with E-state index in [0.29, 0.717) is 17.1 Å². The monoisotopic (exact) mass is 342 g/mol. The average molecular weight is 342 g/mol. The summed E-state index contributed by atoms with van der Waals surface area (Å²) in [5.74, 6) is 0.819. The standard InChI is InChI=1S/C19H22N2O4/c1-3-13(2)16(22)11-21-19(23)18-9-8-15(25-18)12-24-17-7-5-4-6-14(17)10-20/h4-9,13,16,22H,3,11-12H2,1-2H3,(H,21,23). The van der Waals surface area contributed by atoms with Crippen LogP contribution in [0.25, 0.3) is 0 Å². The molecule has 0 radical (unpaired) electrons. The van der Waals surface area contributed by atoms with Gasteiger partial charge >= 0.3 is 0 Å². The number of ether oxygens (including phenoxy) is 1. The van der Waals surface area contributed by atoms with Crippen molar-refractivity contribution in [3.63, 3.8) is 0 Å². The molecule has 0 fully saturated rings. The molecule has 1 aromatic carbocycles. The summed E-state index contributed by atoms with van der Waals surface area (Å²) in [5, 5.41) is 21.6. The van der Waals surface area contributed by atoms with Crippen LogP contribution in [0.3, 0.4) is 0 Å². The number of hydrogen-bond donors (Lipinski definition) is 2. The second kappa shape index (κ2) is 8.90. The van der Waals surface area contributed by atoms with Gasteiger partial charge in [0.25, 0.3) is 5.91 Å². The molecule has 6 nitrogen and oxygen atoms in total. The molecule has 2 aromatic rings. The van der Waals surface area contributed by atoms with Gasteiger partial charge in [0.2, 0.25) is 0 Å². The van der Waals surface area contributed by atoms with E-state index in [2.05, 4.69) is 11.4 Å². The summed E-state index contributed by atoms with van der Waals surface area (Å²) in [5.41, 5.74) is 0.436. The van der Waals surface area contributed by atoms with Gasteiger partial charge < -0.3 is 19.6 Å². The molecule has 2 N–H and O–H groups in total. The number of nitrogens with one attached hydrogen (secondary N) is 1. The van der Waals surface area contributed by atoms with Gasteiger partial charge in [0.15, 0.2) is 5.76 Å². The number of carbonyl (C=O) groups excluding carboxylic acids is 1. The number of nitriles is 1. The first kappa shape index (κ1) is 18.6. The molecule has 25 heavy (non-hydrogen) atoms. The normalized spacial score (nSPS) is 12.9. The Morgan fingerprint density at radius 2 is 2.12 bits per heavy atom. The summed E-state index contributed by atoms with van der Waals surface area (Å²) < 4.78 is 11.0. The molecule has 132 valence electrons. The molecule has 0 saturated carbocycles. The summed E-state index contributed by atoms with van der Waals surface area (Å²) in [7, 11) is 0. The van der Waals surface area contributed by atoms with Crippen LogP contribution >= 0.6 is 0 Å². The summed E-state index contributed by atoms with van der Waals surface area (Å²) >= 11 is 0. The third-order valence-electron chi connectivity index (χ3n) is 4.04. The van der Waals surface area contributed by atoms with Crippen molar-refractivity contribution >= 4 is 5.91 Å². The molecule has 0 aliphatic heterocycles. The van der Waals surface area contributed by atoms with Crippen LogP contribution in [0.15, 0.2) is 40.8 Å². The third-order valence-corrected chi connectivity index (χ3v) is 4.04. The number of aliphatic hydroxyl groups excluding tert-OH is 1. The summed E-state index contributed by atoms with van der Waals surface area (Å²) in [6.07, 6.45) is 0.248. The number of aliphatic hydroxyl groups is 1. The molecule has 6 heteroatoms. The second-order valence-corrected chi connectivity index (χ2v) is 5.83. The lowest BCUT2D eigenvalue weighted by Crippen LogP contribution is -2.35. The molecule has 0 bridgehead atoms. The number of amides is 1. The van der Waals surface area contributed by atoms with Crippen molar-refractivity contribution in [2.75, 3.05) is 6.54 Å². The van der Waals surface area contributed by atoms with Gasteiger partial charge in [-0.15, -0.1) is 0 Å². The van der Waals surface area contributed by atoms with Gasteiger partial charge in [-0.2, -0.15) is 5.26 Å². The highest BCUT2D eigenvalue weighted by atomic mass is 16.5. The quantitative estimate of drug-likeness (QED) is 0.769. The van der Waals surface area contributed by atoms with Crippen molar-refractivity contribution in [1.29, 1.82) is 5.26 Å². The van der Waals surface area contributed by atoms with Crippen molar-refractivity contribution in [2.24, 2.45) is 5.92 Å². The Kier molecular flexibility index (Phi) is 6.61. The molecule has 1 heterocycles. The minimum atomic E-state index is -0.589. The van der Waals surface area contributed by atoms with Gasteiger partial charge in [0.05, 0.1) is 11.7 Å². The maximum atomic E-state index is 12.0. The lowest BCUT2D eigenvalue weighted by atomic mass is 10.0. The van der Waals surface area contributed by atoms with Crippen molar-refractivity contribution in [1.82, 2.24) is 5.32 Å². The first-order valence-corrected chi connectivity index (χ1v) is 8.22. The van der Waals surface area contributed by atoms with E-state index in [-0.39, 0.29) is 30.7 Å². The van der Waals surface area contributed by atoms with E-state index in [0.717, 1.165) is 6.42 Å². The zero-order valence-electron chi connectivity index (χ0n) is 14.4. The zero-order valence-corrected chi connectivity index (χ0v) is 14.4. The molecule has 0 spiro atoms. The largest absolute Gasteiger partial charge is 0.484 e. The Balaban J connectivity index is 1.89. The van der Waals surface area contributed by atoms with E-state index in [1.54, 1.807) is 36.4 Å². The minimum absolute atomic E-state index is 0.112. The zero-order chi connectivity index (χ0) is 18.2. The van der Waals surface area contributed by atoms with E-state index in [1.807, 2.05) is 13.8 Å². The molecule has 2 rings (SSSR count). The minimum Gasteiger partial charge on any atom is -0.484 e. The van der Waals surface area contributed by atoms with E-state index in [1.165, 1.54) is 0 Å². The van der Waals surface area contributed by atoms with Gasteiger partial charge in [0, 0.05) is 6.54 Å². The molecular formula is C19H22N2O4. The Hall–Kier alpha value is -2.78. The fourth-order valence-electron chi connectivity index (χ4n) is 2.17. The average Bonchev–Trinajstić information content (AvgIpc) is 3.12. The SMILES string of the molecule is CCC(C)C(O)CNC(=O)c1ccc(COc2ccccc2C#N)o1. The molecule has 0 aliphatic carbocycles. The summed E-state index contributed by atoms with van der Waals surface area (Å²) in [6, 6.07) is 12.2. The predicted octanol–water partition coefficient (Wildman–Crippen LogP) is 2.87. The van der Waals surface area contributed by atoms with Gasteiger partial charge in [-0.25, -0.2) is 0 Å². The van der Waals surface area contributed by atoms with E-state index in [9.17, 15) is 9.90 Å². The number of rotatable bonds is 8. The predicted molar refractivity (Wildman–Crippen MR) is 92.0 cm³/mol. The van der Waals surface area contributed by atoms with Gasteiger partial charge in [0.1, 0.15) is 24.2 Å². The smallest absolute Gasteiger partial charge is 0.287 e. The molecule has 2 unspecified atom stereocenters. The topological polar surface area (TPSA) is 95.5 Å². The van der Waals surface area contributed by atoms with E-state index < -0.39 is 6.10 Å². The van der Waals surface area contributed by atoms with Crippen molar-refractivity contribution in [3.05, 3.63) is 53.5 Å². The van der Waals surface area contributed by atoms with Gasteiger partial charge in [-0.05, 0) is 30.2 Å². The highest BCUT2D eigenvalue weighted by molar-refractivity contribution is 5.91. The van der Waals surface area contributed by atoms with Crippen LogP contribution in [0.4, 0.5) is 0 Å². The number of benzene rings is 1. The molecule has 0 aliphatic rings.